The molecule has 3 aromatic rings. The Morgan fingerprint density at radius 3 is 2.79 bits per heavy atom. The highest BCUT2D eigenvalue weighted by Gasteiger charge is 2.32. The Morgan fingerprint density at radius 2 is 2.09 bits per heavy atom. The zero-order valence-corrected chi connectivity index (χ0v) is 19.0. The van der Waals surface area contributed by atoms with Crippen molar-refractivity contribution in [1.82, 2.24) is 24.6 Å². The topological polar surface area (TPSA) is 113 Å². The van der Waals surface area contributed by atoms with E-state index in [0.717, 1.165) is 17.8 Å². The van der Waals surface area contributed by atoms with Crippen molar-refractivity contribution >= 4 is 17.5 Å². The van der Waals surface area contributed by atoms with Crippen molar-refractivity contribution in [3.8, 4) is 0 Å². The lowest BCUT2D eigenvalue weighted by atomic mass is 9.97. The maximum absolute atomic E-state index is 12.9. The van der Waals surface area contributed by atoms with Crippen LogP contribution in [-0.4, -0.2) is 60.3 Å². The molecule has 0 aliphatic carbocycles. The van der Waals surface area contributed by atoms with Crippen LogP contribution in [0.4, 0.5) is 5.69 Å². The molecule has 1 unspecified atom stereocenters. The van der Waals surface area contributed by atoms with Gasteiger partial charge in [-0.05, 0) is 49.1 Å². The number of aryl methyl sites for hydroxylation is 1. The molecular weight excluding hydrogens is 420 g/mol. The van der Waals surface area contributed by atoms with Gasteiger partial charge in [0.15, 0.2) is 0 Å². The number of carbonyl (C=O) groups is 2. The Hall–Kier alpha value is -3.59. The summed E-state index contributed by atoms with van der Waals surface area (Å²) in [5, 5.41) is 20.8. The molecule has 0 bridgehead atoms. The van der Waals surface area contributed by atoms with E-state index in [1.165, 1.54) is 12.3 Å². The van der Waals surface area contributed by atoms with Crippen molar-refractivity contribution in [3.63, 3.8) is 0 Å². The summed E-state index contributed by atoms with van der Waals surface area (Å²) in [7, 11) is 1.91. The number of nitrogens with one attached hydrogen (secondary N) is 1. The van der Waals surface area contributed by atoms with E-state index in [4.69, 9.17) is 0 Å². The van der Waals surface area contributed by atoms with Crippen LogP contribution in [-0.2, 0) is 13.5 Å². The molecular formula is C24H28N6O3. The van der Waals surface area contributed by atoms with Crippen molar-refractivity contribution < 1.29 is 14.7 Å². The summed E-state index contributed by atoms with van der Waals surface area (Å²) in [6, 6.07) is 10.7. The number of rotatable bonds is 6. The van der Waals surface area contributed by atoms with E-state index in [9.17, 15) is 14.7 Å². The van der Waals surface area contributed by atoms with Crippen LogP contribution in [0.15, 0.2) is 48.9 Å². The molecule has 0 saturated carbocycles. The van der Waals surface area contributed by atoms with Crippen LogP contribution >= 0.6 is 0 Å². The highest BCUT2D eigenvalue weighted by atomic mass is 16.3. The molecule has 33 heavy (non-hydrogen) atoms. The number of aliphatic hydroxyl groups is 1. The van der Waals surface area contributed by atoms with E-state index in [-0.39, 0.29) is 23.6 Å². The monoisotopic (exact) mass is 448 g/mol. The van der Waals surface area contributed by atoms with Gasteiger partial charge in [-0.15, -0.1) is 10.2 Å². The fourth-order valence-electron chi connectivity index (χ4n) is 4.14. The standard InChI is InChI=1S/C24H28N6O3/c1-15(9-22-28-26-14-29(22)3)17-5-4-6-19(11-17)27-23(32)21-12-18(7-8-25-21)24(33)30-13-20(31)10-16(30)2/h4-8,11-12,14-16,20,31H,9-10,13H2,1-3H3,(H,27,32)/t15?,16-,20-/m0/s1. The molecule has 3 heterocycles. The molecule has 1 aromatic carbocycles. The average Bonchev–Trinajstić information content (AvgIpc) is 3.37. The molecule has 0 spiro atoms. The predicted molar refractivity (Wildman–Crippen MR) is 123 cm³/mol. The highest BCUT2D eigenvalue weighted by molar-refractivity contribution is 6.04. The first-order valence-electron chi connectivity index (χ1n) is 11.0. The Balaban J connectivity index is 1.45. The molecule has 9 nitrogen and oxygen atoms in total. The van der Waals surface area contributed by atoms with Crippen molar-refractivity contribution in [2.45, 2.75) is 44.8 Å². The second kappa shape index (κ2) is 9.50. The van der Waals surface area contributed by atoms with Crippen molar-refractivity contribution in [3.05, 3.63) is 71.6 Å². The highest BCUT2D eigenvalue weighted by Crippen LogP contribution is 2.23. The van der Waals surface area contributed by atoms with E-state index in [1.807, 2.05) is 42.8 Å². The van der Waals surface area contributed by atoms with Gasteiger partial charge in [0.05, 0.1) is 6.10 Å². The molecule has 0 radical (unpaired) electrons. The molecule has 4 rings (SSSR count). The third-order valence-electron chi connectivity index (χ3n) is 6.06. The van der Waals surface area contributed by atoms with Crippen LogP contribution in [0.3, 0.4) is 0 Å². The first kappa shape index (κ1) is 22.6. The number of pyridine rings is 1. The van der Waals surface area contributed by atoms with Gasteiger partial charge in [-0.3, -0.25) is 14.6 Å². The number of nitrogens with zero attached hydrogens (tertiary/aromatic N) is 5. The fourth-order valence-corrected chi connectivity index (χ4v) is 4.14. The minimum absolute atomic E-state index is 0.0517. The predicted octanol–water partition coefficient (Wildman–Crippen LogP) is 2.40. The van der Waals surface area contributed by atoms with Crippen molar-refractivity contribution in [1.29, 1.82) is 0 Å². The maximum Gasteiger partial charge on any atom is 0.274 e. The van der Waals surface area contributed by atoms with E-state index in [1.54, 1.807) is 17.3 Å². The normalized spacial score (nSPS) is 18.8. The zero-order valence-electron chi connectivity index (χ0n) is 19.0. The Bertz CT molecular complexity index is 1160. The van der Waals surface area contributed by atoms with Crippen molar-refractivity contribution in [2.75, 3.05) is 11.9 Å². The molecule has 2 N–H and O–H groups in total. The van der Waals surface area contributed by atoms with Gasteiger partial charge in [0.25, 0.3) is 11.8 Å². The van der Waals surface area contributed by atoms with Crippen LogP contribution < -0.4 is 5.32 Å². The lowest BCUT2D eigenvalue weighted by Gasteiger charge is -2.21. The largest absolute Gasteiger partial charge is 0.391 e. The van der Waals surface area contributed by atoms with Crippen LogP contribution in [0.1, 0.15) is 58.4 Å². The second-order valence-electron chi connectivity index (χ2n) is 8.67. The molecule has 2 amide bonds. The van der Waals surface area contributed by atoms with Gasteiger partial charge in [0, 0.05) is 43.5 Å². The number of amides is 2. The van der Waals surface area contributed by atoms with Crippen LogP contribution in [0, 0.1) is 0 Å². The number of anilines is 1. The number of likely N-dealkylation sites (tertiary alicyclic amines) is 1. The summed E-state index contributed by atoms with van der Waals surface area (Å²) in [5.74, 6) is 0.469. The number of hydrogen-bond acceptors (Lipinski definition) is 6. The molecule has 9 heteroatoms. The molecule has 1 fully saturated rings. The summed E-state index contributed by atoms with van der Waals surface area (Å²) in [6.07, 6.45) is 3.89. The van der Waals surface area contributed by atoms with Gasteiger partial charge in [-0.1, -0.05) is 19.1 Å². The first-order chi connectivity index (χ1) is 15.8. The number of aliphatic hydroxyl groups excluding tert-OH is 1. The number of carbonyl (C=O) groups excluding carboxylic acids is 2. The van der Waals surface area contributed by atoms with Crippen LogP contribution in [0.5, 0.6) is 0 Å². The summed E-state index contributed by atoms with van der Waals surface area (Å²) >= 11 is 0. The summed E-state index contributed by atoms with van der Waals surface area (Å²) in [6.45, 7) is 4.30. The van der Waals surface area contributed by atoms with Gasteiger partial charge < -0.3 is 19.9 Å². The third kappa shape index (κ3) is 5.09. The van der Waals surface area contributed by atoms with E-state index < -0.39 is 12.0 Å². The Morgan fingerprint density at radius 1 is 1.27 bits per heavy atom. The number of benzene rings is 1. The molecule has 2 aromatic heterocycles. The lowest BCUT2D eigenvalue weighted by Crippen LogP contribution is -2.34. The summed E-state index contributed by atoms with van der Waals surface area (Å²) < 4.78 is 1.89. The Kier molecular flexibility index (Phi) is 6.50. The van der Waals surface area contributed by atoms with Gasteiger partial charge in [0.2, 0.25) is 0 Å². The minimum Gasteiger partial charge on any atom is -0.391 e. The van der Waals surface area contributed by atoms with E-state index in [0.29, 0.717) is 24.2 Å². The fraction of sp³-hybridized carbons (Fsp3) is 0.375. The van der Waals surface area contributed by atoms with Gasteiger partial charge in [0.1, 0.15) is 17.8 Å². The van der Waals surface area contributed by atoms with E-state index >= 15 is 0 Å². The molecule has 3 atom stereocenters. The molecule has 1 aliphatic heterocycles. The SMILES string of the molecule is CC(Cc1nncn1C)c1cccc(NC(=O)c2cc(C(=O)N3C[C@@H](O)C[C@@H]3C)ccn2)c1. The lowest BCUT2D eigenvalue weighted by molar-refractivity contribution is 0.0726. The molecule has 1 aliphatic rings. The van der Waals surface area contributed by atoms with Crippen LogP contribution in [0.25, 0.3) is 0 Å². The number of aromatic nitrogens is 4. The quantitative estimate of drug-likeness (QED) is 0.599. The van der Waals surface area contributed by atoms with Gasteiger partial charge in [-0.25, -0.2) is 0 Å². The van der Waals surface area contributed by atoms with Gasteiger partial charge >= 0.3 is 0 Å². The first-order valence-corrected chi connectivity index (χ1v) is 11.0. The van der Waals surface area contributed by atoms with Crippen LogP contribution in [0.2, 0.25) is 0 Å². The summed E-state index contributed by atoms with van der Waals surface area (Å²) in [5.41, 5.74) is 2.25. The van der Waals surface area contributed by atoms with Gasteiger partial charge in [-0.2, -0.15) is 0 Å². The molecule has 1 saturated heterocycles. The smallest absolute Gasteiger partial charge is 0.274 e. The van der Waals surface area contributed by atoms with Crippen molar-refractivity contribution in [2.24, 2.45) is 7.05 Å². The maximum atomic E-state index is 12.9. The second-order valence-corrected chi connectivity index (χ2v) is 8.67. The average molecular weight is 449 g/mol. The van der Waals surface area contributed by atoms with E-state index in [2.05, 4.69) is 27.4 Å². The molecule has 172 valence electrons. The number of β-amino-alcohol motifs (C(OH)–C–C–N with tert-alkyl or cyclic N) is 1. The minimum atomic E-state index is -0.517. The third-order valence-corrected chi connectivity index (χ3v) is 6.06. The Labute approximate surface area is 192 Å². The summed E-state index contributed by atoms with van der Waals surface area (Å²) in [4.78, 5) is 31.5. The zero-order chi connectivity index (χ0) is 23.5. The number of hydrogen-bond donors (Lipinski definition) is 2.